The van der Waals surface area contributed by atoms with Gasteiger partial charge in [-0.25, -0.2) is 4.79 Å². The van der Waals surface area contributed by atoms with Crippen molar-refractivity contribution in [3.8, 4) is 0 Å². The van der Waals surface area contributed by atoms with Crippen molar-refractivity contribution >= 4 is 17.6 Å². The maximum Gasteiger partial charge on any atom is 0.335 e. The van der Waals surface area contributed by atoms with Crippen molar-refractivity contribution in [2.24, 2.45) is 0 Å². The van der Waals surface area contributed by atoms with Crippen molar-refractivity contribution in [3.63, 3.8) is 0 Å². The first kappa shape index (κ1) is 19.4. The number of hydrogen-bond donors (Lipinski definition) is 1. The number of hydrogen-bond acceptors (Lipinski definition) is 3. The number of anilines is 1. The van der Waals surface area contributed by atoms with Crippen molar-refractivity contribution in [3.05, 3.63) is 29.3 Å². The molecule has 0 saturated carbocycles. The van der Waals surface area contributed by atoms with Gasteiger partial charge in [0.05, 0.1) is 5.56 Å². The second-order valence-electron chi connectivity index (χ2n) is 7.15. The molecule has 0 fully saturated rings. The van der Waals surface area contributed by atoms with Gasteiger partial charge < -0.3 is 10.0 Å². The molecule has 0 unspecified atom stereocenters. The molecule has 1 N–H and O–H groups in total. The zero-order valence-corrected chi connectivity index (χ0v) is 15.6. The molecular weight excluding hydrogens is 316 g/mol. The number of carboxylic acids is 1. The molecule has 5 heteroatoms. The molecule has 0 atom stereocenters. The number of aromatic carboxylic acids is 1. The second kappa shape index (κ2) is 8.99. The van der Waals surface area contributed by atoms with Crippen LogP contribution in [0.15, 0.2) is 18.2 Å². The lowest BCUT2D eigenvalue weighted by molar-refractivity contribution is -0.116. The summed E-state index contributed by atoms with van der Waals surface area (Å²) in [5.74, 6) is -0.920. The van der Waals surface area contributed by atoms with E-state index in [1.54, 1.807) is 30.0 Å². The standard InChI is InChI=1S/C20H30N2O3/c1-15(2)21-11-7-5-4-6-8-12-22(16(3)23)19-10-9-17(20(24)25)13-18(19)14-21/h9-10,13,15H,4-8,11-12,14H2,1-3H3,(H,24,25). The number of nitrogens with zero attached hydrogens (tertiary/aromatic N) is 2. The Kier molecular flexibility index (Phi) is 7.00. The van der Waals surface area contributed by atoms with E-state index in [0.717, 1.165) is 37.1 Å². The Balaban J connectivity index is 2.45. The van der Waals surface area contributed by atoms with Gasteiger partial charge in [-0.15, -0.1) is 0 Å². The molecule has 138 valence electrons. The van der Waals surface area contributed by atoms with Gasteiger partial charge in [0.25, 0.3) is 0 Å². The summed E-state index contributed by atoms with van der Waals surface area (Å²) in [4.78, 5) is 27.8. The molecule has 1 amide bonds. The van der Waals surface area contributed by atoms with Crippen LogP contribution in [0.3, 0.4) is 0 Å². The first-order valence-corrected chi connectivity index (χ1v) is 9.28. The van der Waals surface area contributed by atoms with Crippen molar-refractivity contribution in [2.75, 3.05) is 18.0 Å². The van der Waals surface area contributed by atoms with Crippen LogP contribution in [-0.4, -0.2) is 41.0 Å². The highest BCUT2D eigenvalue weighted by Crippen LogP contribution is 2.26. The number of carbonyl (C=O) groups excluding carboxylic acids is 1. The van der Waals surface area contributed by atoms with Gasteiger partial charge in [0.1, 0.15) is 0 Å². The first-order chi connectivity index (χ1) is 11.9. The van der Waals surface area contributed by atoms with E-state index in [4.69, 9.17) is 0 Å². The van der Waals surface area contributed by atoms with Gasteiger partial charge in [-0.3, -0.25) is 9.69 Å². The zero-order valence-electron chi connectivity index (χ0n) is 15.6. The summed E-state index contributed by atoms with van der Waals surface area (Å²) in [6.07, 6.45) is 5.65. The van der Waals surface area contributed by atoms with E-state index in [9.17, 15) is 14.7 Å². The molecule has 0 spiro atoms. The maximum atomic E-state index is 12.2. The fourth-order valence-corrected chi connectivity index (χ4v) is 3.41. The average molecular weight is 346 g/mol. The van der Waals surface area contributed by atoms with E-state index in [2.05, 4.69) is 18.7 Å². The fourth-order valence-electron chi connectivity index (χ4n) is 3.41. The van der Waals surface area contributed by atoms with Crippen LogP contribution in [0.25, 0.3) is 0 Å². The van der Waals surface area contributed by atoms with Crippen molar-refractivity contribution < 1.29 is 14.7 Å². The Morgan fingerprint density at radius 2 is 1.68 bits per heavy atom. The number of carboxylic acid groups (broad SMARTS) is 1. The zero-order chi connectivity index (χ0) is 18.4. The van der Waals surface area contributed by atoms with E-state index in [1.165, 1.54) is 12.8 Å². The minimum Gasteiger partial charge on any atom is -0.478 e. The molecule has 2 rings (SSSR count). The lowest BCUT2D eigenvalue weighted by atomic mass is 10.0. The molecule has 0 saturated heterocycles. The summed E-state index contributed by atoms with van der Waals surface area (Å²) in [5, 5.41) is 9.35. The Hall–Kier alpha value is -1.88. The SMILES string of the molecule is CC(=O)N1CCCCCCCN(C(C)C)Cc2cc(C(=O)O)ccc21. The topological polar surface area (TPSA) is 60.9 Å². The third-order valence-electron chi connectivity index (χ3n) is 4.93. The molecule has 5 nitrogen and oxygen atoms in total. The number of fused-ring (bicyclic) bond motifs is 1. The van der Waals surface area contributed by atoms with Crippen LogP contribution in [-0.2, 0) is 11.3 Å². The molecule has 1 heterocycles. The average Bonchev–Trinajstić information content (AvgIpc) is 2.54. The van der Waals surface area contributed by atoms with Gasteiger partial charge in [0.15, 0.2) is 0 Å². The van der Waals surface area contributed by atoms with Crippen molar-refractivity contribution in [1.29, 1.82) is 0 Å². The number of carbonyl (C=O) groups is 2. The minimum atomic E-state index is -0.931. The Morgan fingerprint density at radius 3 is 2.28 bits per heavy atom. The molecule has 0 bridgehead atoms. The summed E-state index contributed by atoms with van der Waals surface area (Å²) in [6.45, 7) is 8.26. The lowest BCUT2D eigenvalue weighted by Gasteiger charge is -2.31. The largest absolute Gasteiger partial charge is 0.478 e. The lowest BCUT2D eigenvalue weighted by Crippen LogP contribution is -2.35. The van der Waals surface area contributed by atoms with Crippen molar-refractivity contribution in [2.45, 2.75) is 65.5 Å². The summed E-state index contributed by atoms with van der Waals surface area (Å²) >= 11 is 0. The molecule has 1 aliphatic rings. The fraction of sp³-hybridized carbons (Fsp3) is 0.600. The van der Waals surface area contributed by atoms with Crippen molar-refractivity contribution in [1.82, 2.24) is 4.90 Å². The smallest absolute Gasteiger partial charge is 0.335 e. The van der Waals surface area contributed by atoms with Gasteiger partial charge in [-0.05, 0) is 57.0 Å². The number of amides is 1. The molecule has 0 aliphatic carbocycles. The first-order valence-electron chi connectivity index (χ1n) is 9.28. The minimum absolute atomic E-state index is 0.0116. The molecule has 1 aromatic carbocycles. The summed E-state index contributed by atoms with van der Waals surface area (Å²) in [7, 11) is 0. The maximum absolute atomic E-state index is 12.2. The van der Waals surface area contributed by atoms with Gasteiger partial charge in [0.2, 0.25) is 5.91 Å². The Labute approximate surface area is 150 Å². The summed E-state index contributed by atoms with van der Waals surface area (Å²) in [5.41, 5.74) is 2.05. The number of benzene rings is 1. The van der Waals surface area contributed by atoms with E-state index < -0.39 is 5.97 Å². The van der Waals surface area contributed by atoms with Gasteiger partial charge in [0, 0.05) is 31.7 Å². The summed E-state index contributed by atoms with van der Waals surface area (Å²) < 4.78 is 0. The van der Waals surface area contributed by atoms with Crippen LogP contribution in [0.5, 0.6) is 0 Å². The van der Waals surface area contributed by atoms with Crippen LogP contribution in [0.2, 0.25) is 0 Å². The molecule has 1 aromatic rings. The quantitative estimate of drug-likeness (QED) is 0.882. The highest BCUT2D eigenvalue weighted by Gasteiger charge is 2.20. The van der Waals surface area contributed by atoms with E-state index in [0.29, 0.717) is 19.1 Å². The van der Waals surface area contributed by atoms with E-state index in [-0.39, 0.29) is 11.5 Å². The highest BCUT2D eigenvalue weighted by molar-refractivity contribution is 5.94. The predicted molar refractivity (Wildman–Crippen MR) is 100 cm³/mol. The molecule has 1 aliphatic heterocycles. The van der Waals surface area contributed by atoms with Crippen LogP contribution in [0.1, 0.15) is 68.8 Å². The number of rotatable bonds is 2. The molecule has 25 heavy (non-hydrogen) atoms. The third-order valence-corrected chi connectivity index (χ3v) is 4.93. The Morgan fingerprint density at radius 1 is 1.04 bits per heavy atom. The highest BCUT2D eigenvalue weighted by atomic mass is 16.4. The molecular formula is C20H30N2O3. The van der Waals surface area contributed by atoms with E-state index in [1.807, 2.05) is 0 Å². The summed E-state index contributed by atoms with van der Waals surface area (Å²) in [6, 6.07) is 5.50. The van der Waals surface area contributed by atoms with E-state index >= 15 is 0 Å². The second-order valence-corrected chi connectivity index (χ2v) is 7.15. The van der Waals surface area contributed by atoms with Gasteiger partial charge in [-0.1, -0.05) is 19.3 Å². The van der Waals surface area contributed by atoms with Crippen LogP contribution >= 0.6 is 0 Å². The predicted octanol–water partition coefficient (Wildman–Crippen LogP) is 3.91. The van der Waals surface area contributed by atoms with Gasteiger partial charge in [-0.2, -0.15) is 0 Å². The molecule has 0 radical (unpaired) electrons. The normalized spacial score (nSPS) is 17.5. The third kappa shape index (κ3) is 5.30. The van der Waals surface area contributed by atoms with Crippen LogP contribution < -0.4 is 4.90 Å². The van der Waals surface area contributed by atoms with Crippen LogP contribution in [0.4, 0.5) is 5.69 Å². The van der Waals surface area contributed by atoms with Crippen LogP contribution in [0, 0.1) is 0 Å². The monoisotopic (exact) mass is 346 g/mol. The Bertz CT molecular complexity index is 613. The van der Waals surface area contributed by atoms with Gasteiger partial charge >= 0.3 is 5.97 Å². The molecule has 0 aromatic heterocycles.